The quantitative estimate of drug-likeness (QED) is 0.747. The smallest absolute Gasteiger partial charge is 0.287 e. The second-order valence-corrected chi connectivity index (χ2v) is 7.62. The van der Waals surface area contributed by atoms with Gasteiger partial charge in [-0.1, -0.05) is 35.9 Å². The summed E-state index contributed by atoms with van der Waals surface area (Å²) in [4.78, 5) is 29.7. The van der Waals surface area contributed by atoms with Gasteiger partial charge in [0.1, 0.15) is 0 Å². The lowest BCUT2D eigenvalue weighted by Crippen LogP contribution is -2.40. The summed E-state index contributed by atoms with van der Waals surface area (Å²) in [7, 11) is 0. The van der Waals surface area contributed by atoms with Gasteiger partial charge in [-0.3, -0.25) is 14.0 Å². The molecule has 0 saturated heterocycles. The minimum Gasteiger partial charge on any atom is -0.346 e. The first-order chi connectivity index (χ1) is 12.7. The van der Waals surface area contributed by atoms with E-state index in [1.165, 1.54) is 0 Å². The fraction of sp³-hybridized carbons (Fsp3) is 0.286. The SMILES string of the molecule is Cc1cccc(CNC(=O)c2nc(C(=O)NC(C)(C)C)c3ccccn23)c1. The van der Waals surface area contributed by atoms with Crippen LogP contribution >= 0.6 is 0 Å². The Hall–Kier alpha value is -3.15. The van der Waals surface area contributed by atoms with Crippen LogP contribution in [0.25, 0.3) is 5.52 Å². The zero-order chi connectivity index (χ0) is 19.6. The highest BCUT2D eigenvalue weighted by atomic mass is 16.2. The zero-order valence-electron chi connectivity index (χ0n) is 16.0. The Morgan fingerprint density at radius 1 is 1.07 bits per heavy atom. The molecule has 0 bridgehead atoms. The maximum absolute atomic E-state index is 12.7. The van der Waals surface area contributed by atoms with Gasteiger partial charge in [0.2, 0.25) is 5.82 Å². The molecule has 2 aromatic heterocycles. The highest BCUT2D eigenvalue weighted by Gasteiger charge is 2.23. The van der Waals surface area contributed by atoms with Crippen molar-refractivity contribution in [3.63, 3.8) is 0 Å². The average Bonchev–Trinajstić information content (AvgIpc) is 2.98. The van der Waals surface area contributed by atoms with Crippen LogP contribution in [-0.2, 0) is 6.54 Å². The fourth-order valence-corrected chi connectivity index (χ4v) is 2.85. The third kappa shape index (κ3) is 4.34. The fourth-order valence-electron chi connectivity index (χ4n) is 2.85. The molecule has 3 aromatic rings. The number of carbonyl (C=O) groups is 2. The predicted molar refractivity (Wildman–Crippen MR) is 105 cm³/mol. The summed E-state index contributed by atoms with van der Waals surface area (Å²) in [5.74, 6) is -0.436. The van der Waals surface area contributed by atoms with E-state index in [1.54, 1.807) is 22.7 Å². The van der Waals surface area contributed by atoms with Crippen LogP contribution in [-0.4, -0.2) is 26.7 Å². The highest BCUT2D eigenvalue weighted by Crippen LogP contribution is 2.15. The molecule has 0 saturated carbocycles. The second kappa shape index (κ2) is 7.23. The van der Waals surface area contributed by atoms with Crippen molar-refractivity contribution < 1.29 is 9.59 Å². The summed E-state index contributed by atoms with van der Waals surface area (Å²) in [5, 5.41) is 5.78. The maximum atomic E-state index is 12.7. The number of fused-ring (bicyclic) bond motifs is 1. The Kier molecular flexibility index (Phi) is 4.99. The lowest BCUT2D eigenvalue weighted by molar-refractivity contribution is 0.0916. The summed E-state index contributed by atoms with van der Waals surface area (Å²) < 4.78 is 1.64. The number of aryl methyl sites for hydroxylation is 1. The number of hydrogen-bond donors (Lipinski definition) is 2. The van der Waals surface area contributed by atoms with Crippen molar-refractivity contribution in [3.05, 3.63) is 71.3 Å². The van der Waals surface area contributed by atoms with Crippen LogP contribution in [0.4, 0.5) is 0 Å². The summed E-state index contributed by atoms with van der Waals surface area (Å²) >= 11 is 0. The van der Waals surface area contributed by atoms with Gasteiger partial charge >= 0.3 is 0 Å². The average molecular weight is 364 g/mol. The van der Waals surface area contributed by atoms with Gasteiger partial charge in [0, 0.05) is 18.3 Å². The van der Waals surface area contributed by atoms with Gasteiger partial charge < -0.3 is 10.6 Å². The lowest BCUT2D eigenvalue weighted by atomic mass is 10.1. The number of nitrogens with one attached hydrogen (secondary N) is 2. The molecule has 0 radical (unpaired) electrons. The molecule has 6 nitrogen and oxygen atoms in total. The van der Waals surface area contributed by atoms with Crippen molar-refractivity contribution in [1.29, 1.82) is 0 Å². The first kappa shape index (κ1) is 18.6. The van der Waals surface area contributed by atoms with Crippen LogP contribution in [0.5, 0.6) is 0 Å². The molecule has 3 rings (SSSR count). The normalized spacial score (nSPS) is 11.4. The maximum Gasteiger partial charge on any atom is 0.287 e. The monoisotopic (exact) mass is 364 g/mol. The van der Waals surface area contributed by atoms with Crippen LogP contribution in [0.1, 0.15) is 53.0 Å². The number of hydrogen-bond acceptors (Lipinski definition) is 3. The number of imidazole rings is 1. The number of nitrogens with zero attached hydrogens (tertiary/aromatic N) is 2. The number of carbonyl (C=O) groups excluding carboxylic acids is 2. The number of benzene rings is 1. The summed E-state index contributed by atoms with van der Waals surface area (Å²) in [6.45, 7) is 8.11. The minimum atomic E-state index is -0.393. The van der Waals surface area contributed by atoms with Gasteiger partial charge in [-0.05, 0) is 45.4 Å². The van der Waals surface area contributed by atoms with E-state index in [-0.39, 0.29) is 23.3 Å². The van der Waals surface area contributed by atoms with Crippen LogP contribution in [0.2, 0.25) is 0 Å². The van der Waals surface area contributed by atoms with Gasteiger partial charge in [-0.2, -0.15) is 0 Å². The zero-order valence-corrected chi connectivity index (χ0v) is 16.0. The van der Waals surface area contributed by atoms with E-state index in [4.69, 9.17) is 0 Å². The van der Waals surface area contributed by atoms with Crippen molar-refractivity contribution in [2.75, 3.05) is 0 Å². The predicted octanol–water partition coefficient (Wildman–Crippen LogP) is 3.10. The van der Waals surface area contributed by atoms with Crippen molar-refractivity contribution >= 4 is 17.3 Å². The van der Waals surface area contributed by atoms with Gasteiger partial charge in [0.25, 0.3) is 11.8 Å². The van der Waals surface area contributed by atoms with Crippen molar-refractivity contribution in [1.82, 2.24) is 20.0 Å². The summed E-state index contributed by atoms with van der Waals surface area (Å²) in [5.41, 5.74) is 2.59. The number of amides is 2. The Bertz CT molecular complexity index is 999. The van der Waals surface area contributed by atoms with E-state index >= 15 is 0 Å². The third-order valence-electron chi connectivity index (χ3n) is 3.99. The molecule has 140 valence electrons. The molecule has 2 amide bonds. The van der Waals surface area contributed by atoms with Crippen molar-refractivity contribution in [3.8, 4) is 0 Å². The molecule has 27 heavy (non-hydrogen) atoms. The van der Waals surface area contributed by atoms with E-state index in [2.05, 4.69) is 15.6 Å². The molecule has 0 spiro atoms. The Labute approximate surface area is 158 Å². The Balaban J connectivity index is 1.88. The molecule has 2 N–H and O–H groups in total. The highest BCUT2D eigenvalue weighted by molar-refractivity contribution is 6.02. The molecule has 0 fully saturated rings. The Morgan fingerprint density at radius 3 is 2.56 bits per heavy atom. The molecule has 0 aliphatic carbocycles. The molecule has 1 aromatic carbocycles. The van der Waals surface area contributed by atoms with Crippen LogP contribution in [0.3, 0.4) is 0 Å². The second-order valence-electron chi connectivity index (χ2n) is 7.62. The molecule has 0 atom stereocenters. The van der Waals surface area contributed by atoms with E-state index < -0.39 is 5.54 Å². The van der Waals surface area contributed by atoms with Gasteiger partial charge in [0.05, 0.1) is 5.52 Å². The molecule has 6 heteroatoms. The minimum absolute atomic E-state index is 0.192. The lowest BCUT2D eigenvalue weighted by Gasteiger charge is -2.19. The molecule has 0 aliphatic rings. The largest absolute Gasteiger partial charge is 0.346 e. The topological polar surface area (TPSA) is 75.5 Å². The molecular formula is C21H24N4O2. The third-order valence-corrected chi connectivity index (χ3v) is 3.99. The van der Waals surface area contributed by atoms with E-state index in [0.717, 1.165) is 11.1 Å². The molecule has 0 aliphatic heterocycles. The van der Waals surface area contributed by atoms with Gasteiger partial charge in [0.15, 0.2) is 5.69 Å². The number of pyridine rings is 1. The first-order valence-corrected chi connectivity index (χ1v) is 8.88. The molecule has 0 unspecified atom stereocenters. The summed E-state index contributed by atoms with van der Waals surface area (Å²) in [6, 6.07) is 13.3. The van der Waals surface area contributed by atoms with Crippen LogP contribution in [0, 0.1) is 6.92 Å². The van der Waals surface area contributed by atoms with Crippen molar-refractivity contribution in [2.24, 2.45) is 0 Å². The molecular weight excluding hydrogens is 340 g/mol. The molecule has 2 heterocycles. The summed E-state index contributed by atoms with van der Waals surface area (Å²) in [6.07, 6.45) is 1.73. The number of aromatic nitrogens is 2. The van der Waals surface area contributed by atoms with Gasteiger partial charge in [-0.25, -0.2) is 4.98 Å². The van der Waals surface area contributed by atoms with E-state index in [1.807, 2.05) is 58.0 Å². The van der Waals surface area contributed by atoms with Crippen LogP contribution < -0.4 is 10.6 Å². The Morgan fingerprint density at radius 2 is 1.85 bits per heavy atom. The number of rotatable bonds is 4. The standard InChI is InChI=1S/C21H24N4O2/c1-14-8-7-9-15(12-14)13-22-20(27)18-23-17(19(26)24-21(2,3)4)16-10-5-6-11-25(16)18/h5-12H,13H2,1-4H3,(H,22,27)(H,24,26). The van der Waals surface area contributed by atoms with Gasteiger partial charge in [-0.15, -0.1) is 0 Å². The van der Waals surface area contributed by atoms with Crippen LogP contribution in [0.15, 0.2) is 48.7 Å². The van der Waals surface area contributed by atoms with E-state index in [0.29, 0.717) is 12.1 Å². The van der Waals surface area contributed by atoms with E-state index in [9.17, 15) is 9.59 Å². The first-order valence-electron chi connectivity index (χ1n) is 8.88. The van der Waals surface area contributed by atoms with Crippen molar-refractivity contribution in [2.45, 2.75) is 39.8 Å².